The summed E-state index contributed by atoms with van der Waals surface area (Å²) in [4.78, 5) is 21.8. The summed E-state index contributed by atoms with van der Waals surface area (Å²) in [6.07, 6.45) is 1.09. The normalized spacial score (nSPS) is 10.6. The molecule has 0 aromatic heterocycles. The largest absolute Gasteiger partial charge is 0.506 e. The van der Waals surface area contributed by atoms with Gasteiger partial charge in [-0.25, -0.2) is 5.43 Å². The van der Waals surface area contributed by atoms with Gasteiger partial charge in [-0.15, -0.1) is 0 Å². The maximum absolute atomic E-state index is 11.7. The van der Waals surface area contributed by atoms with Crippen molar-refractivity contribution in [1.82, 2.24) is 5.43 Å². The number of rotatable bonds is 6. The predicted molar refractivity (Wildman–Crippen MR) is 95.1 cm³/mol. The second kappa shape index (κ2) is 8.45. The number of carbonyl (C=O) groups is 1. The van der Waals surface area contributed by atoms with Crippen LogP contribution in [0.2, 0.25) is 5.02 Å². The van der Waals surface area contributed by atoms with Crippen LogP contribution in [-0.2, 0) is 4.79 Å². The summed E-state index contributed by atoms with van der Waals surface area (Å²) >= 11 is 8.80. The number of non-ortho nitro benzene ring substituents is 1. The van der Waals surface area contributed by atoms with E-state index in [-0.39, 0.29) is 28.1 Å². The Bertz CT molecular complexity index is 844. The second-order valence-electron chi connectivity index (χ2n) is 4.66. The third kappa shape index (κ3) is 5.44. The molecule has 2 aromatic rings. The van der Waals surface area contributed by atoms with Crippen LogP contribution in [0.3, 0.4) is 0 Å². The first kappa shape index (κ1) is 18.7. The topological polar surface area (TPSA) is 114 Å². The highest BCUT2D eigenvalue weighted by atomic mass is 79.9. The molecule has 0 saturated carbocycles. The fraction of sp³-hybridized carbons (Fsp3) is 0.0667. The fourth-order valence-corrected chi connectivity index (χ4v) is 2.36. The van der Waals surface area contributed by atoms with E-state index in [1.54, 1.807) is 24.3 Å². The molecule has 0 aliphatic carbocycles. The lowest BCUT2D eigenvalue weighted by Crippen LogP contribution is -2.24. The number of ether oxygens (including phenoxy) is 1. The van der Waals surface area contributed by atoms with Gasteiger partial charge in [-0.05, 0) is 34.1 Å². The number of nitro groups is 1. The number of hydrazone groups is 1. The minimum atomic E-state index is -0.612. The van der Waals surface area contributed by atoms with Gasteiger partial charge in [0.05, 0.1) is 15.6 Å². The number of benzene rings is 2. The van der Waals surface area contributed by atoms with Gasteiger partial charge in [0.1, 0.15) is 11.5 Å². The summed E-state index contributed by atoms with van der Waals surface area (Å²) < 4.78 is 5.37. The molecule has 0 unspecified atom stereocenters. The van der Waals surface area contributed by atoms with Crippen molar-refractivity contribution >= 4 is 45.3 Å². The van der Waals surface area contributed by atoms with E-state index in [9.17, 15) is 20.0 Å². The van der Waals surface area contributed by atoms with Crippen molar-refractivity contribution < 1.29 is 19.6 Å². The van der Waals surface area contributed by atoms with Gasteiger partial charge in [-0.3, -0.25) is 14.9 Å². The molecule has 2 N–H and O–H groups in total. The van der Waals surface area contributed by atoms with E-state index in [0.29, 0.717) is 10.8 Å². The number of nitro benzene ring substituents is 1. The molecular weight excluding hydrogens is 418 g/mol. The van der Waals surface area contributed by atoms with Crippen LogP contribution in [0.4, 0.5) is 5.69 Å². The van der Waals surface area contributed by atoms with Gasteiger partial charge >= 0.3 is 0 Å². The third-order valence-corrected chi connectivity index (χ3v) is 3.69. The minimum absolute atomic E-state index is 0.0668. The molecule has 0 atom stereocenters. The van der Waals surface area contributed by atoms with Crippen molar-refractivity contribution in [3.05, 3.63) is 61.6 Å². The smallest absolute Gasteiger partial charge is 0.277 e. The van der Waals surface area contributed by atoms with E-state index in [0.717, 1.165) is 18.3 Å². The lowest BCUT2D eigenvalue weighted by Gasteiger charge is -2.05. The predicted octanol–water partition coefficient (Wildman–Crippen LogP) is 3.25. The van der Waals surface area contributed by atoms with E-state index in [1.165, 1.54) is 0 Å². The summed E-state index contributed by atoms with van der Waals surface area (Å²) in [6.45, 7) is -0.303. The monoisotopic (exact) mass is 427 g/mol. The van der Waals surface area contributed by atoms with Crippen molar-refractivity contribution in [1.29, 1.82) is 0 Å². The molecule has 0 aliphatic rings. The number of nitrogens with one attached hydrogen (secondary N) is 1. The van der Waals surface area contributed by atoms with Crippen LogP contribution in [0.1, 0.15) is 5.56 Å². The summed E-state index contributed by atoms with van der Waals surface area (Å²) in [6, 6.07) is 8.82. The van der Waals surface area contributed by atoms with E-state index in [4.69, 9.17) is 16.3 Å². The summed E-state index contributed by atoms with van der Waals surface area (Å²) in [5, 5.41) is 24.8. The standard InChI is InChI=1S/C15H11BrClN3O5/c16-13-6-11(20(23)24)4-9(15(13)22)7-18-19-14(21)8-25-12-3-1-2-10(17)5-12/h1-7,22H,8H2,(H,19,21). The van der Waals surface area contributed by atoms with E-state index >= 15 is 0 Å². The number of amides is 1. The van der Waals surface area contributed by atoms with Crippen LogP contribution in [-0.4, -0.2) is 28.8 Å². The number of phenolic OH excluding ortho intramolecular Hbond substituents is 1. The Kier molecular flexibility index (Phi) is 6.31. The molecule has 10 heteroatoms. The molecule has 130 valence electrons. The van der Waals surface area contributed by atoms with Crippen LogP contribution in [0.5, 0.6) is 11.5 Å². The fourth-order valence-electron chi connectivity index (χ4n) is 1.72. The molecular formula is C15H11BrClN3O5. The molecule has 2 aromatic carbocycles. The molecule has 0 bridgehead atoms. The molecule has 2 rings (SSSR count). The zero-order valence-electron chi connectivity index (χ0n) is 12.5. The van der Waals surface area contributed by atoms with Crippen molar-refractivity contribution in [2.24, 2.45) is 5.10 Å². The third-order valence-electron chi connectivity index (χ3n) is 2.85. The zero-order valence-corrected chi connectivity index (χ0v) is 14.8. The molecule has 0 saturated heterocycles. The van der Waals surface area contributed by atoms with Crippen molar-refractivity contribution in [2.75, 3.05) is 6.61 Å². The van der Waals surface area contributed by atoms with Gasteiger partial charge in [0.25, 0.3) is 11.6 Å². The molecule has 8 nitrogen and oxygen atoms in total. The molecule has 0 radical (unpaired) electrons. The van der Waals surface area contributed by atoms with Gasteiger partial charge in [0.2, 0.25) is 0 Å². The quantitative estimate of drug-likeness (QED) is 0.416. The molecule has 0 aliphatic heterocycles. The highest BCUT2D eigenvalue weighted by Crippen LogP contribution is 2.31. The average molecular weight is 429 g/mol. The van der Waals surface area contributed by atoms with E-state index in [2.05, 4.69) is 26.5 Å². The van der Waals surface area contributed by atoms with Gasteiger partial charge in [-0.2, -0.15) is 5.10 Å². The first-order chi connectivity index (χ1) is 11.9. The summed E-state index contributed by atoms with van der Waals surface area (Å²) in [5.74, 6) is -0.370. The van der Waals surface area contributed by atoms with Crippen LogP contribution < -0.4 is 10.2 Å². The van der Waals surface area contributed by atoms with Gasteiger partial charge in [0.15, 0.2) is 6.61 Å². The van der Waals surface area contributed by atoms with Crippen LogP contribution in [0.15, 0.2) is 46.0 Å². The highest BCUT2D eigenvalue weighted by Gasteiger charge is 2.13. The number of halogens is 2. The molecule has 0 fully saturated rings. The van der Waals surface area contributed by atoms with Crippen molar-refractivity contribution in [3.8, 4) is 11.5 Å². The number of carbonyl (C=O) groups excluding carboxylic acids is 1. The first-order valence-corrected chi connectivity index (χ1v) is 7.91. The maximum Gasteiger partial charge on any atom is 0.277 e. The Balaban J connectivity index is 1.96. The lowest BCUT2D eigenvalue weighted by molar-refractivity contribution is -0.385. The molecule has 1 amide bonds. The van der Waals surface area contributed by atoms with Crippen molar-refractivity contribution in [2.45, 2.75) is 0 Å². The van der Waals surface area contributed by atoms with Crippen molar-refractivity contribution in [3.63, 3.8) is 0 Å². The number of phenols is 1. The Morgan fingerprint density at radius 1 is 1.44 bits per heavy atom. The van der Waals surface area contributed by atoms with Gasteiger partial charge in [-0.1, -0.05) is 17.7 Å². The van der Waals surface area contributed by atoms with Crippen LogP contribution >= 0.6 is 27.5 Å². The van der Waals surface area contributed by atoms with E-state index in [1.807, 2.05) is 0 Å². The number of aromatic hydroxyl groups is 1. The zero-order chi connectivity index (χ0) is 18.4. The maximum atomic E-state index is 11.7. The SMILES string of the molecule is O=C(COc1cccc(Cl)c1)NN=Cc1cc([N+](=O)[O-])cc(Br)c1O. The number of nitrogens with zero attached hydrogens (tertiary/aromatic N) is 2. The highest BCUT2D eigenvalue weighted by molar-refractivity contribution is 9.10. The minimum Gasteiger partial charge on any atom is -0.506 e. The van der Waals surface area contributed by atoms with Gasteiger partial charge in [0, 0.05) is 22.7 Å². The Hall–Kier alpha value is -2.65. The van der Waals surface area contributed by atoms with E-state index < -0.39 is 10.8 Å². The Morgan fingerprint density at radius 2 is 2.20 bits per heavy atom. The second-order valence-corrected chi connectivity index (χ2v) is 5.95. The molecule has 0 heterocycles. The summed E-state index contributed by atoms with van der Waals surface area (Å²) in [5.41, 5.74) is 2.02. The van der Waals surface area contributed by atoms with Crippen LogP contribution in [0.25, 0.3) is 0 Å². The number of hydrogen-bond donors (Lipinski definition) is 2. The van der Waals surface area contributed by atoms with Crippen LogP contribution in [0, 0.1) is 10.1 Å². The lowest BCUT2D eigenvalue weighted by atomic mass is 10.2. The average Bonchev–Trinajstić information content (AvgIpc) is 2.56. The van der Waals surface area contributed by atoms with Gasteiger partial charge < -0.3 is 9.84 Å². The Labute approximate surface area is 155 Å². The molecule has 0 spiro atoms. The first-order valence-electron chi connectivity index (χ1n) is 6.74. The summed E-state index contributed by atoms with van der Waals surface area (Å²) in [7, 11) is 0. The number of hydrogen-bond acceptors (Lipinski definition) is 6. The molecule has 25 heavy (non-hydrogen) atoms. The Morgan fingerprint density at radius 3 is 2.88 bits per heavy atom.